The quantitative estimate of drug-likeness (QED) is 0.316. The van der Waals surface area contributed by atoms with Gasteiger partial charge in [-0.15, -0.1) is 0 Å². The van der Waals surface area contributed by atoms with Gasteiger partial charge in [-0.1, -0.05) is 27.7 Å². The van der Waals surface area contributed by atoms with Gasteiger partial charge in [-0.3, -0.25) is 9.59 Å². The van der Waals surface area contributed by atoms with Crippen molar-refractivity contribution in [2.24, 2.45) is 23.7 Å². The molecule has 2 fully saturated rings. The van der Waals surface area contributed by atoms with Gasteiger partial charge in [-0.2, -0.15) is 0 Å². The van der Waals surface area contributed by atoms with Gasteiger partial charge in [0.1, 0.15) is 17.8 Å². The lowest BCUT2D eigenvalue weighted by Crippen LogP contribution is -2.56. The number of hydrogen-bond donors (Lipinski definition) is 3. The van der Waals surface area contributed by atoms with Gasteiger partial charge in [0.25, 0.3) is 0 Å². The number of rotatable bonds is 6. The number of esters is 1. The SMILES string of the molecule is CC[C@H]1OC(=O)C[C@@H](O)[C@H](C)[C@H](O[C@H]2O[C@@H](C)C[C@@H](N(C)C)[C@@H]2O)[C@H](CCO)C[C@H](C)C(=O)/C=C/[C@]2(C)O[C@H]2[C@@H]1C. The molecule has 0 saturated carbocycles. The van der Waals surface area contributed by atoms with Crippen molar-refractivity contribution in [3.05, 3.63) is 12.2 Å². The minimum Gasteiger partial charge on any atom is -0.462 e. The monoisotopic (exact) mass is 583 g/mol. The van der Waals surface area contributed by atoms with Crippen molar-refractivity contribution in [1.29, 1.82) is 0 Å². The van der Waals surface area contributed by atoms with Crippen LogP contribution >= 0.6 is 0 Å². The average molecular weight is 584 g/mol. The highest BCUT2D eigenvalue weighted by atomic mass is 16.7. The van der Waals surface area contributed by atoms with Crippen molar-refractivity contribution in [2.75, 3.05) is 20.7 Å². The Kier molecular flexibility index (Phi) is 12.0. The smallest absolute Gasteiger partial charge is 0.308 e. The molecule has 236 valence electrons. The summed E-state index contributed by atoms with van der Waals surface area (Å²) in [6.45, 7) is 11.2. The third-order valence-corrected chi connectivity index (χ3v) is 9.39. The molecule has 3 heterocycles. The van der Waals surface area contributed by atoms with Crippen LogP contribution in [-0.2, 0) is 28.5 Å². The maximum absolute atomic E-state index is 13.2. The molecule has 0 aliphatic carbocycles. The molecule has 0 aromatic heterocycles. The molecule has 0 amide bonds. The Morgan fingerprint density at radius 2 is 1.78 bits per heavy atom. The lowest BCUT2D eigenvalue weighted by molar-refractivity contribution is -0.283. The summed E-state index contributed by atoms with van der Waals surface area (Å²) in [5, 5.41) is 32.5. The molecule has 3 N–H and O–H groups in total. The standard InChI is InChI=1S/C31H53NO9/c1-9-25-20(5)29-31(6,41-29)12-10-23(34)17(2)14-21(11-13-33)28(19(4)24(35)16-26(36)39-25)40-30-27(37)22(32(7)8)15-18(3)38-30/h10,12,17-22,24-25,27-30,33,35,37H,9,11,13-16H2,1-8H3/b12-10+/t17-,18-,19-,20+,21+,22+,24+,25+,27-,28-,29-,30+,31-/m0/s1. The molecular weight excluding hydrogens is 530 g/mol. The van der Waals surface area contributed by atoms with E-state index in [4.69, 9.17) is 18.9 Å². The molecular formula is C31H53NO9. The number of carbonyl (C=O) groups excluding carboxylic acids is 2. The number of ketones is 1. The van der Waals surface area contributed by atoms with E-state index in [2.05, 4.69) is 0 Å². The molecule has 0 aromatic carbocycles. The van der Waals surface area contributed by atoms with Crippen LogP contribution in [0.4, 0.5) is 0 Å². The second kappa shape index (κ2) is 14.4. The minimum atomic E-state index is -1.12. The molecule has 3 aliphatic heterocycles. The van der Waals surface area contributed by atoms with Gasteiger partial charge in [0.15, 0.2) is 12.1 Å². The second-order valence-corrected chi connectivity index (χ2v) is 13.0. The first-order valence-corrected chi connectivity index (χ1v) is 15.3. The number of hydrogen-bond acceptors (Lipinski definition) is 10. The van der Waals surface area contributed by atoms with Gasteiger partial charge in [-0.25, -0.2) is 0 Å². The van der Waals surface area contributed by atoms with Crippen LogP contribution < -0.4 is 0 Å². The van der Waals surface area contributed by atoms with Crippen LogP contribution in [0.5, 0.6) is 0 Å². The number of nitrogens with zero attached hydrogens (tertiary/aromatic N) is 1. The lowest BCUT2D eigenvalue weighted by Gasteiger charge is -2.44. The van der Waals surface area contributed by atoms with Crippen molar-refractivity contribution in [2.45, 2.75) is 128 Å². The molecule has 3 aliphatic rings. The van der Waals surface area contributed by atoms with Crippen LogP contribution in [0, 0.1) is 23.7 Å². The first-order valence-electron chi connectivity index (χ1n) is 15.3. The van der Waals surface area contributed by atoms with E-state index in [-0.39, 0.29) is 48.9 Å². The Morgan fingerprint density at radius 3 is 2.39 bits per heavy atom. The molecule has 3 rings (SSSR count). The predicted molar refractivity (Wildman–Crippen MR) is 153 cm³/mol. The van der Waals surface area contributed by atoms with Gasteiger partial charge in [0, 0.05) is 30.4 Å². The number of carbonyl (C=O) groups is 2. The molecule has 2 saturated heterocycles. The van der Waals surface area contributed by atoms with Gasteiger partial charge >= 0.3 is 5.97 Å². The van der Waals surface area contributed by atoms with E-state index in [9.17, 15) is 24.9 Å². The minimum absolute atomic E-state index is 0.0659. The summed E-state index contributed by atoms with van der Waals surface area (Å²) < 4.78 is 24.3. The van der Waals surface area contributed by atoms with Crippen LogP contribution in [0.15, 0.2) is 12.2 Å². The molecule has 10 nitrogen and oxygen atoms in total. The van der Waals surface area contributed by atoms with Crippen LogP contribution in [0.1, 0.15) is 73.6 Å². The number of allylic oxidation sites excluding steroid dienone is 1. The number of cyclic esters (lactones) is 1. The first kappa shape index (κ1) is 34.1. The van der Waals surface area contributed by atoms with Crippen LogP contribution in [0.25, 0.3) is 0 Å². The van der Waals surface area contributed by atoms with E-state index in [1.54, 1.807) is 19.1 Å². The fraction of sp³-hybridized carbons (Fsp3) is 0.871. The van der Waals surface area contributed by atoms with Gasteiger partial charge < -0.3 is 39.2 Å². The molecule has 10 heteroatoms. The van der Waals surface area contributed by atoms with Crippen molar-refractivity contribution in [3.63, 3.8) is 0 Å². The van der Waals surface area contributed by atoms with E-state index in [0.29, 0.717) is 25.7 Å². The second-order valence-electron chi connectivity index (χ2n) is 13.0. The zero-order valence-corrected chi connectivity index (χ0v) is 26.1. The van der Waals surface area contributed by atoms with E-state index in [1.165, 1.54) is 0 Å². The number of aliphatic hydroxyl groups excluding tert-OH is 3. The molecule has 41 heavy (non-hydrogen) atoms. The third-order valence-electron chi connectivity index (χ3n) is 9.39. The number of ether oxygens (including phenoxy) is 4. The predicted octanol–water partition coefficient (Wildman–Crippen LogP) is 2.46. The lowest BCUT2D eigenvalue weighted by atomic mass is 9.79. The van der Waals surface area contributed by atoms with E-state index in [0.717, 1.165) is 0 Å². The maximum Gasteiger partial charge on any atom is 0.308 e. The Hall–Kier alpha value is -1.40. The fourth-order valence-corrected chi connectivity index (χ4v) is 6.59. The Labute approximate surface area is 245 Å². The average Bonchev–Trinajstić information content (AvgIpc) is 3.60. The Bertz CT molecular complexity index is 912. The van der Waals surface area contributed by atoms with Gasteiger partial charge in [-0.05, 0) is 71.7 Å². The topological polar surface area (TPSA) is 138 Å². The molecule has 0 spiro atoms. The number of fused-ring (bicyclic) bond motifs is 1. The van der Waals surface area contributed by atoms with E-state index < -0.39 is 54.1 Å². The van der Waals surface area contributed by atoms with Crippen LogP contribution in [-0.4, -0.2) is 107 Å². The normalized spacial score (nSPS) is 45.7. The van der Waals surface area contributed by atoms with Crippen molar-refractivity contribution < 1.29 is 43.9 Å². The van der Waals surface area contributed by atoms with Crippen LogP contribution in [0.3, 0.4) is 0 Å². The summed E-state index contributed by atoms with van der Waals surface area (Å²) in [6.07, 6.45) is 0.468. The van der Waals surface area contributed by atoms with Crippen molar-refractivity contribution in [3.8, 4) is 0 Å². The first-order chi connectivity index (χ1) is 19.2. The molecule has 13 atom stereocenters. The largest absolute Gasteiger partial charge is 0.462 e. The summed E-state index contributed by atoms with van der Waals surface area (Å²) in [5.41, 5.74) is -0.621. The van der Waals surface area contributed by atoms with E-state index >= 15 is 0 Å². The summed E-state index contributed by atoms with van der Waals surface area (Å²) >= 11 is 0. The van der Waals surface area contributed by atoms with E-state index in [1.807, 2.05) is 53.6 Å². The van der Waals surface area contributed by atoms with Gasteiger partial charge in [0.05, 0.1) is 30.8 Å². The van der Waals surface area contributed by atoms with Crippen molar-refractivity contribution >= 4 is 11.8 Å². The number of epoxide rings is 1. The fourth-order valence-electron chi connectivity index (χ4n) is 6.59. The number of likely N-dealkylation sites (N-methyl/N-ethyl adjacent to an activating group) is 1. The molecule has 0 bridgehead atoms. The highest BCUT2D eigenvalue weighted by Gasteiger charge is 2.55. The van der Waals surface area contributed by atoms with Gasteiger partial charge in [0.2, 0.25) is 0 Å². The van der Waals surface area contributed by atoms with Crippen LogP contribution in [0.2, 0.25) is 0 Å². The summed E-state index contributed by atoms with van der Waals surface area (Å²) in [6, 6.07) is -0.199. The van der Waals surface area contributed by atoms with Crippen molar-refractivity contribution in [1.82, 2.24) is 4.90 Å². The highest BCUT2D eigenvalue weighted by molar-refractivity contribution is 5.91. The summed E-state index contributed by atoms with van der Waals surface area (Å²) in [5.74, 6) is -2.04. The highest BCUT2D eigenvalue weighted by Crippen LogP contribution is 2.45. The molecule has 0 radical (unpaired) electrons. The zero-order chi connectivity index (χ0) is 30.6. The maximum atomic E-state index is 13.2. The number of aliphatic hydroxyl groups is 3. The molecule has 0 unspecified atom stereocenters. The summed E-state index contributed by atoms with van der Waals surface area (Å²) in [4.78, 5) is 28.2. The Balaban J connectivity index is 1.95. The third kappa shape index (κ3) is 8.37. The summed E-state index contributed by atoms with van der Waals surface area (Å²) in [7, 11) is 3.78. The zero-order valence-electron chi connectivity index (χ0n) is 26.1. The Morgan fingerprint density at radius 1 is 1.10 bits per heavy atom. The molecule has 0 aromatic rings.